The molecule has 0 aromatic heterocycles. The van der Waals surface area contributed by atoms with E-state index in [1.54, 1.807) is 6.08 Å². The molecule has 3 aliphatic heterocycles. The van der Waals surface area contributed by atoms with E-state index in [1.165, 1.54) is 11.1 Å². The van der Waals surface area contributed by atoms with E-state index in [-0.39, 0.29) is 5.91 Å². The summed E-state index contributed by atoms with van der Waals surface area (Å²) >= 11 is 5.95. The van der Waals surface area contributed by atoms with Crippen molar-refractivity contribution >= 4 is 23.2 Å². The van der Waals surface area contributed by atoms with E-state index in [0.717, 1.165) is 45.4 Å². The minimum Gasteiger partial charge on any atom is -0.357 e. The first kappa shape index (κ1) is 16.6. The van der Waals surface area contributed by atoms with Crippen LogP contribution in [0.15, 0.2) is 40.5 Å². The minimum atomic E-state index is 0.00193. The van der Waals surface area contributed by atoms with Gasteiger partial charge in [-0.15, -0.1) is 0 Å². The summed E-state index contributed by atoms with van der Waals surface area (Å²) in [6.45, 7) is 4.11. The number of piperidine rings is 1. The van der Waals surface area contributed by atoms with Crippen LogP contribution in [0.25, 0.3) is 0 Å². The number of carbonyl (C=O) groups is 1. The van der Waals surface area contributed by atoms with Gasteiger partial charge in [-0.25, -0.2) is 0 Å². The Kier molecular flexibility index (Phi) is 4.77. The molecule has 1 saturated heterocycles. The van der Waals surface area contributed by atoms with Gasteiger partial charge in [0.1, 0.15) is 17.5 Å². The van der Waals surface area contributed by atoms with Gasteiger partial charge in [0.2, 0.25) is 0 Å². The molecule has 132 valence electrons. The third-order valence-electron chi connectivity index (χ3n) is 5.41. The molecule has 1 aromatic carbocycles. The number of hydrogen-bond donors (Lipinski definition) is 1. The SMILES string of the molecule is O=C(C1=NCNC(Cl)=C1)N1CCC(N2CCc3ccccc3C2)CC1. The van der Waals surface area contributed by atoms with E-state index in [0.29, 0.717) is 23.6 Å². The summed E-state index contributed by atoms with van der Waals surface area (Å²) in [5.74, 6) is 0.00193. The fraction of sp³-hybridized carbons (Fsp3) is 0.474. The van der Waals surface area contributed by atoms with E-state index in [1.807, 2.05) is 4.90 Å². The summed E-state index contributed by atoms with van der Waals surface area (Å²) in [5.41, 5.74) is 3.41. The van der Waals surface area contributed by atoms with Crippen molar-refractivity contribution in [3.05, 3.63) is 46.6 Å². The Morgan fingerprint density at radius 3 is 2.68 bits per heavy atom. The van der Waals surface area contributed by atoms with E-state index in [9.17, 15) is 4.79 Å². The number of likely N-dealkylation sites (tertiary alicyclic amines) is 1. The second-order valence-corrected chi connectivity index (χ2v) is 7.29. The maximum absolute atomic E-state index is 12.6. The number of rotatable bonds is 2. The highest BCUT2D eigenvalue weighted by molar-refractivity contribution is 6.46. The van der Waals surface area contributed by atoms with Gasteiger partial charge >= 0.3 is 0 Å². The molecule has 0 saturated carbocycles. The zero-order valence-electron chi connectivity index (χ0n) is 14.2. The third-order valence-corrected chi connectivity index (χ3v) is 5.65. The number of aliphatic imine (C=N–C) groups is 1. The van der Waals surface area contributed by atoms with Crippen molar-refractivity contribution in [2.45, 2.75) is 31.8 Å². The first-order valence-corrected chi connectivity index (χ1v) is 9.34. The minimum absolute atomic E-state index is 0.00193. The lowest BCUT2D eigenvalue weighted by Crippen LogP contribution is -2.49. The van der Waals surface area contributed by atoms with Crippen LogP contribution in [0, 0.1) is 0 Å². The number of fused-ring (bicyclic) bond motifs is 1. The molecule has 5 nitrogen and oxygen atoms in total. The van der Waals surface area contributed by atoms with Crippen molar-refractivity contribution in [1.29, 1.82) is 0 Å². The molecule has 0 bridgehead atoms. The van der Waals surface area contributed by atoms with Gasteiger partial charge in [-0.2, -0.15) is 0 Å². The van der Waals surface area contributed by atoms with Crippen LogP contribution < -0.4 is 5.32 Å². The molecule has 0 atom stereocenters. The van der Waals surface area contributed by atoms with Crippen LogP contribution in [0.3, 0.4) is 0 Å². The molecule has 1 fully saturated rings. The van der Waals surface area contributed by atoms with Crippen molar-refractivity contribution in [2.24, 2.45) is 4.99 Å². The molecule has 3 aliphatic rings. The van der Waals surface area contributed by atoms with E-state index >= 15 is 0 Å². The fourth-order valence-electron chi connectivity index (χ4n) is 3.97. The standard InChI is InChI=1S/C19H23ClN4O/c20-18-11-17(21-13-22-18)19(25)23-9-6-16(7-10-23)24-8-5-14-3-1-2-4-15(14)12-24/h1-4,11,16,22H,5-10,12-13H2. The summed E-state index contributed by atoms with van der Waals surface area (Å²) in [6, 6.07) is 9.30. The lowest BCUT2D eigenvalue weighted by atomic mass is 9.95. The summed E-state index contributed by atoms with van der Waals surface area (Å²) < 4.78 is 0. The quantitative estimate of drug-likeness (QED) is 0.824. The normalized spacial score (nSPS) is 21.9. The molecule has 0 radical (unpaired) electrons. The van der Waals surface area contributed by atoms with Crippen molar-refractivity contribution in [1.82, 2.24) is 15.1 Å². The first-order chi connectivity index (χ1) is 12.2. The van der Waals surface area contributed by atoms with Crippen molar-refractivity contribution in [2.75, 3.05) is 26.3 Å². The molecule has 0 aliphatic carbocycles. The van der Waals surface area contributed by atoms with E-state index < -0.39 is 0 Å². The maximum Gasteiger partial charge on any atom is 0.272 e. The third kappa shape index (κ3) is 3.58. The molecule has 1 aromatic rings. The maximum atomic E-state index is 12.6. The molecule has 3 heterocycles. The van der Waals surface area contributed by atoms with Gasteiger partial charge in [0.15, 0.2) is 0 Å². The lowest BCUT2D eigenvalue weighted by molar-refractivity contribution is -0.125. The first-order valence-electron chi connectivity index (χ1n) is 8.96. The number of benzene rings is 1. The van der Waals surface area contributed by atoms with Crippen LogP contribution in [0.4, 0.5) is 0 Å². The number of nitrogens with zero attached hydrogens (tertiary/aromatic N) is 3. The van der Waals surface area contributed by atoms with Crippen LogP contribution in [-0.2, 0) is 17.8 Å². The van der Waals surface area contributed by atoms with Gasteiger partial charge in [-0.05, 0) is 30.4 Å². The molecular weight excluding hydrogens is 336 g/mol. The molecule has 4 rings (SSSR count). The average Bonchev–Trinajstić information content (AvgIpc) is 2.67. The predicted octanol–water partition coefficient (Wildman–Crippen LogP) is 2.12. The Morgan fingerprint density at radius 2 is 1.92 bits per heavy atom. The van der Waals surface area contributed by atoms with Gasteiger partial charge in [0, 0.05) is 38.3 Å². The second kappa shape index (κ2) is 7.18. The number of carbonyl (C=O) groups excluding carboxylic acids is 1. The molecule has 25 heavy (non-hydrogen) atoms. The molecular formula is C19H23ClN4O. The highest BCUT2D eigenvalue weighted by atomic mass is 35.5. The van der Waals surface area contributed by atoms with Crippen molar-refractivity contribution in [3.8, 4) is 0 Å². The monoisotopic (exact) mass is 358 g/mol. The Hall–Kier alpha value is -1.85. The Bertz CT molecular complexity index is 722. The molecule has 1 amide bonds. The van der Waals surface area contributed by atoms with Gasteiger partial charge in [0.05, 0.1) is 0 Å². The highest BCUT2D eigenvalue weighted by Crippen LogP contribution is 2.25. The van der Waals surface area contributed by atoms with E-state index in [2.05, 4.69) is 39.5 Å². The Labute approximate surface area is 153 Å². The van der Waals surface area contributed by atoms with Crippen LogP contribution in [0.1, 0.15) is 24.0 Å². The zero-order valence-corrected chi connectivity index (χ0v) is 15.0. The van der Waals surface area contributed by atoms with Gasteiger partial charge < -0.3 is 10.2 Å². The molecule has 0 unspecified atom stereocenters. The topological polar surface area (TPSA) is 47.9 Å². The van der Waals surface area contributed by atoms with Crippen LogP contribution in [0.5, 0.6) is 0 Å². The highest BCUT2D eigenvalue weighted by Gasteiger charge is 2.30. The predicted molar refractivity (Wildman–Crippen MR) is 99.5 cm³/mol. The summed E-state index contributed by atoms with van der Waals surface area (Å²) in [6.07, 6.45) is 4.80. The molecule has 0 spiro atoms. The largest absolute Gasteiger partial charge is 0.357 e. The van der Waals surface area contributed by atoms with Gasteiger partial charge in [0.25, 0.3) is 5.91 Å². The summed E-state index contributed by atoms with van der Waals surface area (Å²) in [4.78, 5) is 21.3. The fourth-order valence-corrected chi connectivity index (χ4v) is 4.13. The van der Waals surface area contributed by atoms with Crippen LogP contribution in [-0.4, -0.2) is 53.8 Å². The number of halogens is 1. The van der Waals surface area contributed by atoms with Crippen LogP contribution in [0.2, 0.25) is 0 Å². The Balaban J connectivity index is 1.35. The van der Waals surface area contributed by atoms with Crippen molar-refractivity contribution in [3.63, 3.8) is 0 Å². The van der Waals surface area contributed by atoms with Crippen molar-refractivity contribution < 1.29 is 4.79 Å². The number of amides is 1. The molecule has 6 heteroatoms. The summed E-state index contributed by atoms with van der Waals surface area (Å²) in [5, 5.41) is 3.38. The zero-order chi connectivity index (χ0) is 17.2. The number of hydrogen-bond acceptors (Lipinski definition) is 4. The smallest absolute Gasteiger partial charge is 0.272 e. The summed E-state index contributed by atoms with van der Waals surface area (Å²) in [7, 11) is 0. The van der Waals surface area contributed by atoms with Crippen LogP contribution >= 0.6 is 11.6 Å². The molecule has 1 N–H and O–H groups in total. The number of nitrogens with one attached hydrogen (secondary N) is 1. The second-order valence-electron chi connectivity index (χ2n) is 6.88. The van der Waals surface area contributed by atoms with E-state index in [4.69, 9.17) is 11.6 Å². The average molecular weight is 359 g/mol. The lowest BCUT2D eigenvalue weighted by Gasteiger charge is -2.40. The Morgan fingerprint density at radius 1 is 1.16 bits per heavy atom. The van der Waals surface area contributed by atoms with Gasteiger partial charge in [-0.1, -0.05) is 35.9 Å². The van der Waals surface area contributed by atoms with Gasteiger partial charge in [-0.3, -0.25) is 14.7 Å².